The maximum Gasteiger partial charge on any atom is 0.416 e. The van der Waals surface area contributed by atoms with Crippen LogP contribution in [0.15, 0.2) is 48.5 Å². The molecule has 0 aliphatic heterocycles. The summed E-state index contributed by atoms with van der Waals surface area (Å²) in [6.07, 6.45) is -4.92. The van der Waals surface area contributed by atoms with E-state index in [1.165, 1.54) is 24.3 Å². The Morgan fingerprint density at radius 1 is 1.15 bits per heavy atom. The van der Waals surface area contributed by atoms with Gasteiger partial charge in [0.2, 0.25) is 5.91 Å². The summed E-state index contributed by atoms with van der Waals surface area (Å²) in [5.74, 6) is -1.93. The molecule has 0 aromatic heterocycles. The molecule has 0 heterocycles. The van der Waals surface area contributed by atoms with Gasteiger partial charge in [0, 0.05) is 23.6 Å². The van der Waals surface area contributed by atoms with Gasteiger partial charge in [-0.15, -0.1) is 0 Å². The molecule has 0 saturated heterocycles. The number of nitrogens with two attached hydrogens (primary N) is 1. The van der Waals surface area contributed by atoms with Crippen molar-refractivity contribution in [2.45, 2.75) is 18.6 Å². The van der Waals surface area contributed by atoms with Crippen molar-refractivity contribution in [3.05, 3.63) is 75.3 Å². The zero-order valence-electron chi connectivity index (χ0n) is 13.7. The molecule has 2 amide bonds. The first-order chi connectivity index (χ1) is 12.6. The van der Waals surface area contributed by atoms with E-state index in [4.69, 9.17) is 5.73 Å². The molecule has 0 fully saturated rings. The summed E-state index contributed by atoms with van der Waals surface area (Å²) in [4.78, 5) is 34.3. The van der Waals surface area contributed by atoms with Crippen molar-refractivity contribution in [3.8, 4) is 0 Å². The van der Waals surface area contributed by atoms with Crippen molar-refractivity contribution >= 4 is 17.5 Å². The first-order valence-corrected chi connectivity index (χ1v) is 7.59. The number of benzene rings is 2. The van der Waals surface area contributed by atoms with Crippen molar-refractivity contribution in [2.24, 2.45) is 5.73 Å². The van der Waals surface area contributed by atoms with Gasteiger partial charge in [-0.3, -0.25) is 19.7 Å². The molecule has 0 radical (unpaired) electrons. The van der Waals surface area contributed by atoms with Crippen LogP contribution in [0.25, 0.3) is 0 Å². The van der Waals surface area contributed by atoms with Crippen LogP contribution in [-0.4, -0.2) is 22.8 Å². The number of hydrogen-bond donors (Lipinski definition) is 2. The number of nitrogens with zero attached hydrogens (tertiary/aromatic N) is 1. The number of halogens is 3. The molecule has 3 N–H and O–H groups in total. The zero-order chi connectivity index (χ0) is 20.2. The number of primary amides is 1. The monoisotopic (exact) mass is 381 g/mol. The highest BCUT2D eigenvalue weighted by molar-refractivity contribution is 5.97. The summed E-state index contributed by atoms with van der Waals surface area (Å²) in [5.41, 5.74) is 3.77. The van der Waals surface area contributed by atoms with Gasteiger partial charge in [-0.1, -0.05) is 24.3 Å². The molecule has 0 bridgehead atoms. The maximum atomic E-state index is 12.8. The Morgan fingerprint density at radius 3 is 2.41 bits per heavy atom. The van der Waals surface area contributed by atoms with Gasteiger partial charge in [-0.25, -0.2) is 0 Å². The van der Waals surface area contributed by atoms with E-state index in [-0.39, 0.29) is 23.2 Å². The molecule has 7 nitrogen and oxygen atoms in total. The predicted octanol–water partition coefficient (Wildman–Crippen LogP) is 2.44. The molecule has 0 spiro atoms. The van der Waals surface area contributed by atoms with Crippen LogP contribution >= 0.6 is 0 Å². The van der Waals surface area contributed by atoms with Crippen LogP contribution in [0.4, 0.5) is 18.9 Å². The van der Waals surface area contributed by atoms with Crippen LogP contribution < -0.4 is 11.1 Å². The highest BCUT2D eigenvalue weighted by Gasteiger charge is 2.31. The molecule has 27 heavy (non-hydrogen) atoms. The molecule has 0 saturated carbocycles. The molecular formula is C17H14F3N3O4. The number of nitro groups is 1. The third-order valence-corrected chi connectivity index (χ3v) is 3.71. The zero-order valence-corrected chi connectivity index (χ0v) is 13.7. The third-order valence-electron chi connectivity index (χ3n) is 3.71. The Labute approximate surface area is 151 Å². The van der Waals surface area contributed by atoms with Gasteiger partial charge in [-0.2, -0.15) is 13.2 Å². The largest absolute Gasteiger partial charge is 0.416 e. The summed E-state index contributed by atoms with van der Waals surface area (Å²) in [6, 6.07) is 7.86. The van der Waals surface area contributed by atoms with E-state index in [0.717, 1.165) is 18.2 Å². The smallest absolute Gasteiger partial charge is 0.368 e. The maximum absolute atomic E-state index is 12.8. The van der Waals surface area contributed by atoms with E-state index in [0.29, 0.717) is 6.07 Å². The minimum Gasteiger partial charge on any atom is -0.368 e. The van der Waals surface area contributed by atoms with Gasteiger partial charge in [0.25, 0.3) is 11.6 Å². The molecule has 0 aliphatic carbocycles. The fraction of sp³-hybridized carbons (Fsp3) is 0.176. The number of amides is 2. The van der Waals surface area contributed by atoms with E-state index in [1.807, 2.05) is 0 Å². The number of para-hydroxylation sites is 1. The molecule has 2 rings (SSSR count). The van der Waals surface area contributed by atoms with E-state index in [2.05, 4.69) is 5.32 Å². The predicted molar refractivity (Wildman–Crippen MR) is 88.7 cm³/mol. The van der Waals surface area contributed by atoms with Gasteiger partial charge in [-0.05, 0) is 18.2 Å². The van der Waals surface area contributed by atoms with Gasteiger partial charge >= 0.3 is 6.18 Å². The lowest BCUT2D eigenvalue weighted by Gasteiger charge is -2.16. The van der Waals surface area contributed by atoms with Crippen LogP contribution in [0.3, 0.4) is 0 Å². The van der Waals surface area contributed by atoms with Crippen molar-refractivity contribution in [3.63, 3.8) is 0 Å². The van der Waals surface area contributed by atoms with Crippen LogP contribution in [0.1, 0.15) is 21.5 Å². The van der Waals surface area contributed by atoms with Crippen LogP contribution in [0.5, 0.6) is 0 Å². The average molecular weight is 381 g/mol. The highest BCUT2D eigenvalue weighted by atomic mass is 19.4. The van der Waals surface area contributed by atoms with Crippen LogP contribution in [0.2, 0.25) is 0 Å². The van der Waals surface area contributed by atoms with Gasteiger partial charge in [0.15, 0.2) is 0 Å². The second kappa shape index (κ2) is 7.85. The SMILES string of the molecule is NC(=O)[C@H](Cc1ccccc1[N+](=O)[O-])NC(=O)c1cccc(C(F)(F)F)c1. The van der Waals surface area contributed by atoms with Gasteiger partial charge in [0.05, 0.1) is 10.5 Å². The standard InChI is InChI=1S/C17H14F3N3O4/c18-17(19,20)12-6-3-5-11(8-12)16(25)22-13(15(21)24)9-10-4-1-2-7-14(10)23(26)27/h1-8,13H,9H2,(H2,21,24)(H,22,25)/t13-/m0/s1. The topological polar surface area (TPSA) is 115 Å². The number of nitrogens with one attached hydrogen (secondary N) is 1. The number of alkyl halides is 3. The molecule has 142 valence electrons. The number of rotatable bonds is 6. The van der Waals surface area contributed by atoms with E-state index in [9.17, 15) is 32.9 Å². The molecule has 1 atom stereocenters. The van der Waals surface area contributed by atoms with E-state index < -0.39 is 34.5 Å². The lowest BCUT2D eigenvalue weighted by molar-refractivity contribution is -0.385. The molecule has 10 heteroatoms. The summed E-state index contributed by atoms with van der Waals surface area (Å²) < 4.78 is 38.3. The third kappa shape index (κ3) is 5.03. The Morgan fingerprint density at radius 2 is 1.81 bits per heavy atom. The first kappa shape index (κ1) is 19.9. The van der Waals surface area contributed by atoms with Crippen molar-refractivity contribution in [1.82, 2.24) is 5.32 Å². The van der Waals surface area contributed by atoms with Crippen molar-refractivity contribution in [1.29, 1.82) is 0 Å². The Bertz CT molecular complexity index is 884. The summed E-state index contributed by atoms with van der Waals surface area (Å²) in [5, 5.41) is 13.3. The number of carbonyl (C=O) groups is 2. The average Bonchev–Trinajstić information content (AvgIpc) is 2.60. The fourth-order valence-electron chi connectivity index (χ4n) is 2.38. The summed E-state index contributed by atoms with van der Waals surface area (Å²) >= 11 is 0. The quantitative estimate of drug-likeness (QED) is 0.591. The van der Waals surface area contributed by atoms with E-state index >= 15 is 0 Å². The molecular weight excluding hydrogens is 367 g/mol. The minimum atomic E-state index is -4.63. The molecule has 0 aliphatic rings. The molecule has 2 aromatic rings. The van der Waals surface area contributed by atoms with Crippen molar-refractivity contribution in [2.75, 3.05) is 0 Å². The number of carbonyl (C=O) groups excluding carboxylic acids is 2. The normalized spacial score (nSPS) is 12.3. The van der Waals surface area contributed by atoms with Crippen LogP contribution in [-0.2, 0) is 17.4 Å². The second-order valence-corrected chi connectivity index (χ2v) is 5.60. The van der Waals surface area contributed by atoms with E-state index in [1.54, 1.807) is 0 Å². The van der Waals surface area contributed by atoms with Gasteiger partial charge < -0.3 is 11.1 Å². The van der Waals surface area contributed by atoms with Crippen molar-refractivity contribution < 1.29 is 27.7 Å². The van der Waals surface area contributed by atoms with Gasteiger partial charge in [0.1, 0.15) is 6.04 Å². The lowest BCUT2D eigenvalue weighted by atomic mass is 10.0. The highest BCUT2D eigenvalue weighted by Crippen LogP contribution is 2.29. The first-order valence-electron chi connectivity index (χ1n) is 7.59. The molecule has 0 unspecified atom stereocenters. The Balaban J connectivity index is 2.23. The Kier molecular flexibility index (Phi) is 5.78. The second-order valence-electron chi connectivity index (χ2n) is 5.60. The lowest BCUT2D eigenvalue weighted by Crippen LogP contribution is -2.46. The summed E-state index contributed by atoms with van der Waals surface area (Å²) in [7, 11) is 0. The summed E-state index contributed by atoms with van der Waals surface area (Å²) in [6.45, 7) is 0. The Hall–Kier alpha value is -3.43. The number of nitro benzene ring substituents is 1. The minimum absolute atomic E-state index is 0.149. The number of hydrogen-bond acceptors (Lipinski definition) is 4. The van der Waals surface area contributed by atoms with Crippen LogP contribution in [0, 0.1) is 10.1 Å². The molecule has 2 aromatic carbocycles. The fourth-order valence-corrected chi connectivity index (χ4v) is 2.38.